The van der Waals surface area contributed by atoms with Gasteiger partial charge in [-0.25, -0.2) is 17.8 Å². The van der Waals surface area contributed by atoms with Crippen molar-refractivity contribution in [2.24, 2.45) is 7.05 Å². The van der Waals surface area contributed by atoms with Crippen LogP contribution in [0.15, 0.2) is 43.0 Å². The molecule has 0 spiro atoms. The molecule has 4 rings (SSSR count). The smallest absolute Gasteiger partial charge is 0.232 e. The number of nitrogens with one attached hydrogen (secondary N) is 2. The van der Waals surface area contributed by atoms with Crippen molar-refractivity contribution < 1.29 is 17.6 Å². The van der Waals surface area contributed by atoms with Crippen molar-refractivity contribution in [2.75, 3.05) is 10.5 Å². The fraction of sp³-hybridized carbons (Fsp3) is 0.190. The predicted molar refractivity (Wildman–Crippen MR) is 121 cm³/mol. The average Bonchev–Trinajstić information content (AvgIpc) is 3.35. The number of aromatic nitrogens is 4. The Balaban J connectivity index is 1.78. The first-order valence-electron chi connectivity index (χ1n) is 9.69. The van der Waals surface area contributed by atoms with E-state index in [1.807, 2.05) is 0 Å². The molecule has 11 heteroatoms. The van der Waals surface area contributed by atoms with E-state index in [2.05, 4.69) is 19.8 Å². The number of nitrogens with zero attached hydrogens (tertiary/aromatic N) is 3. The first kappa shape index (κ1) is 22.0. The van der Waals surface area contributed by atoms with Crippen LogP contribution >= 0.6 is 11.6 Å². The van der Waals surface area contributed by atoms with Crippen molar-refractivity contribution in [3.63, 3.8) is 0 Å². The van der Waals surface area contributed by atoms with Gasteiger partial charge in [-0.05, 0) is 24.6 Å². The molecule has 3 aromatic heterocycles. The molecule has 0 bridgehead atoms. The summed E-state index contributed by atoms with van der Waals surface area (Å²) < 4.78 is 42.9. The largest absolute Gasteiger partial charge is 0.345 e. The van der Waals surface area contributed by atoms with Crippen molar-refractivity contribution in [1.29, 1.82) is 0 Å². The summed E-state index contributed by atoms with van der Waals surface area (Å²) in [6, 6.07) is 3.96. The Kier molecular flexibility index (Phi) is 5.74. The van der Waals surface area contributed by atoms with Crippen LogP contribution in [0.4, 0.5) is 10.1 Å². The quantitative estimate of drug-likeness (QED) is 0.390. The number of rotatable bonds is 7. The maximum Gasteiger partial charge on any atom is 0.232 e. The number of sulfonamides is 1. The molecule has 0 aliphatic rings. The number of aryl methyl sites for hydroxylation is 1. The second-order valence-corrected chi connectivity index (χ2v) is 9.48. The van der Waals surface area contributed by atoms with Crippen LogP contribution in [0.1, 0.15) is 29.3 Å². The van der Waals surface area contributed by atoms with Gasteiger partial charge in [0, 0.05) is 47.7 Å². The number of halogens is 2. The van der Waals surface area contributed by atoms with E-state index in [1.165, 1.54) is 12.3 Å². The minimum atomic E-state index is -3.68. The average molecular weight is 476 g/mol. The molecule has 0 aliphatic carbocycles. The first-order chi connectivity index (χ1) is 15.2. The zero-order valence-corrected chi connectivity index (χ0v) is 18.8. The third-order valence-electron chi connectivity index (χ3n) is 4.87. The first-order valence-corrected chi connectivity index (χ1v) is 11.7. The summed E-state index contributed by atoms with van der Waals surface area (Å²) in [5, 5.41) is 4.30. The van der Waals surface area contributed by atoms with Gasteiger partial charge in [-0.15, -0.1) is 0 Å². The molecule has 0 radical (unpaired) electrons. The van der Waals surface area contributed by atoms with E-state index >= 15 is 0 Å². The minimum absolute atomic E-state index is 0.0566. The van der Waals surface area contributed by atoms with Crippen LogP contribution in [-0.4, -0.2) is 39.7 Å². The summed E-state index contributed by atoms with van der Waals surface area (Å²) in [7, 11) is -1.89. The van der Waals surface area contributed by atoms with E-state index in [0.717, 1.165) is 17.2 Å². The number of carbonyl (C=O) groups excluding carboxylic acids is 1. The highest BCUT2D eigenvalue weighted by atomic mass is 35.5. The summed E-state index contributed by atoms with van der Waals surface area (Å²) in [5.74, 6) is -1.68. The third-order valence-corrected chi connectivity index (χ3v) is 6.74. The zero-order chi connectivity index (χ0) is 23.0. The highest BCUT2D eigenvalue weighted by Crippen LogP contribution is 2.33. The molecule has 0 amide bonds. The summed E-state index contributed by atoms with van der Waals surface area (Å²) in [4.78, 5) is 20.5. The van der Waals surface area contributed by atoms with Crippen LogP contribution in [-0.2, 0) is 17.1 Å². The van der Waals surface area contributed by atoms with Gasteiger partial charge in [-0.2, -0.15) is 5.10 Å². The summed E-state index contributed by atoms with van der Waals surface area (Å²) in [5.41, 5.74) is 1.66. The monoisotopic (exact) mass is 475 g/mol. The predicted octanol–water partition coefficient (Wildman–Crippen LogP) is 4.14. The number of carbonyl (C=O) groups is 1. The lowest BCUT2D eigenvalue weighted by atomic mass is 10.0. The third kappa shape index (κ3) is 4.11. The highest BCUT2D eigenvalue weighted by Gasteiger charge is 2.25. The van der Waals surface area contributed by atoms with Crippen LogP contribution in [0, 0.1) is 5.82 Å². The second kappa shape index (κ2) is 8.36. The number of aromatic amines is 1. The van der Waals surface area contributed by atoms with Crippen molar-refractivity contribution in [3.8, 4) is 11.1 Å². The Hall–Kier alpha value is -3.24. The van der Waals surface area contributed by atoms with Gasteiger partial charge in [0.1, 0.15) is 11.5 Å². The lowest BCUT2D eigenvalue weighted by molar-refractivity contribution is 0.103. The molecule has 4 aromatic rings. The molecule has 2 N–H and O–H groups in total. The van der Waals surface area contributed by atoms with Crippen LogP contribution in [0.5, 0.6) is 0 Å². The number of H-pyrrole nitrogens is 1. The molecule has 1 aromatic carbocycles. The fourth-order valence-electron chi connectivity index (χ4n) is 3.38. The summed E-state index contributed by atoms with van der Waals surface area (Å²) in [6.07, 6.45) is 6.93. The lowest BCUT2D eigenvalue weighted by Crippen LogP contribution is -2.17. The highest BCUT2D eigenvalue weighted by molar-refractivity contribution is 7.92. The molecule has 0 unspecified atom stereocenters. The van der Waals surface area contributed by atoms with Crippen molar-refractivity contribution >= 4 is 44.1 Å². The topological polar surface area (TPSA) is 110 Å². The Bertz CT molecular complexity index is 1450. The standard InChI is InChI=1S/C21H19ClFN5O3S/c1-3-6-32(30,31)27-17-5-4-16(23)18(19(17)22)20(29)15-10-25-21-14(15)7-12(8-24-21)13-9-26-28(2)11-13/h4-5,7-11,27H,3,6H2,1-2H3,(H,24,25). The number of hydrogen-bond acceptors (Lipinski definition) is 5. The Morgan fingerprint density at radius 2 is 2.06 bits per heavy atom. The molecule has 0 saturated carbocycles. The van der Waals surface area contributed by atoms with Crippen molar-refractivity contribution in [2.45, 2.75) is 13.3 Å². The van der Waals surface area contributed by atoms with E-state index in [1.54, 1.807) is 43.3 Å². The van der Waals surface area contributed by atoms with Crippen molar-refractivity contribution in [3.05, 3.63) is 65.0 Å². The SMILES string of the molecule is CCCS(=O)(=O)Nc1ccc(F)c(C(=O)c2c[nH]c3ncc(-c4cnn(C)c4)cc23)c1Cl. The van der Waals surface area contributed by atoms with E-state index in [4.69, 9.17) is 11.6 Å². The molecule has 0 atom stereocenters. The Morgan fingerprint density at radius 3 is 2.75 bits per heavy atom. The van der Waals surface area contributed by atoms with Gasteiger partial charge < -0.3 is 4.98 Å². The molecule has 8 nitrogen and oxygen atoms in total. The number of anilines is 1. The molecule has 32 heavy (non-hydrogen) atoms. The van der Waals surface area contributed by atoms with Gasteiger partial charge in [0.2, 0.25) is 10.0 Å². The second-order valence-electron chi connectivity index (χ2n) is 7.26. The molecular weight excluding hydrogens is 457 g/mol. The summed E-state index contributed by atoms with van der Waals surface area (Å²) in [6.45, 7) is 1.71. The van der Waals surface area contributed by atoms with Crippen molar-refractivity contribution in [1.82, 2.24) is 19.7 Å². The maximum atomic E-state index is 14.7. The van der Waals surface area contributed by atoms with Gasteiger partial charge in [-0.3, -0.25) is 14.2 Å². The minimum Gasteiger partial charge on any atom is -0.345 e. The van der Waals surface area contributed by atoms with E-state index in [-0.39, 0.29) is 22.0 Å². The molecule has 3 heterocycles. The molecule has 166 valence electrons. The van der Waals surface area contributed by atoms with E-state index in [9.17, 15) is 17.6 Å². The maximum absolute atomic E-state index is 14.7. The summed E-state index contributed by atoms with van der Waals surface area (Å²) >= 11 is 6.29. The van der Waals surface area contributed by atoms with E-state index in [0.29, 0.717) is 17.5 Å². The molecule has 0 saturated heterocycles. The number of ketones is 1. The molecule has 0 fully saturated rings. The van der Waals surface area contributed by atoms with Crippen LogP contribution in [0.2, 0.25) is 5.02 Å². The number of hydrogen-bond donors (Lipinski definition) is 2. The molecule has 0 aliphatic heterocycles. The lowest BCUT2D eigenvalue weighted by Gasteiger charge is -2.12. The van der Waals surface area contributed by atoms with Crippen LogP contribution in [0.3, 0.4) is 0 Å². The number of benzene rings is 1. The number of pyridine rings is 1. The zero-order valence-electron chi connectivity index (χ0n) is 17.2. The van der Waals surface area contributed by atoms with Gasteiger partial charge in [-0.1, -0.05) is 18.5 Å². The fourth-order valence-corrected chi connectivity index (χ4v) is 4.87. The normalized spacial score (nSPS) is 11.8. The molecular formula is C21H19ClFN5O3S. The van der Waals surface area contributed by atoms with E-state index < -0.39 is 27.2 Å². The number of fused-ring (bicyclic) bond motifs is 1. The van der Waals surface area contributed by atoms with Crippen LogP contribution in [0.25, 0.3) is 22.2 Å². The Labute approximate surface area is 188 Å². The van der Waals surface area contributed by atoms with Gasteiger partial charge in [0.15, 0.2) is 5.78 Å². The van der Waals surface area contributed by atoms with Gasteiger partial charge in [0.05, 0.1) is 28.2 Å². The van der Waals surface area contributed by atoms with Crippen LogP contribution < -0.4 is 4.72 Å². The Morgan fingerprint density at radius 1 is 1.28 bits per heavy atom. The van der Waals surface area contributed by atoms with Gasteiger partial charge in [0.25, 0.3) is 0 Å². The van der Waals surface area contributed by atoms with Gasteiger partial charge >= 0.3 is 0 Å².